The lowest BCUT2D eigenvalue weighted by atomic mass is 9.79. The van der Waals surface area contributed by atoms with Crippen LogP contribution in [-0.2, 0) is 10.0 Å². The van der Waals surface area contributed by atoms with E-state index in [1.54, 1.807) is 12.1 Å². The molecule has 0 saturated heterocycles. The minimum Gasteiger partial charge on any atom is -0.382 e. The zero-order chi connectivity index (χ0) is 15.5. The van der Waals surface area contributed by atoms with Crippen molar-refractivity contribution in [3.8, 4) is 0 Å². The van der Waals surface area contributed by atoms with Crippen molar-refractivity contribution in [2.24, 2.45) is 11.8 Å². The number of rotatable bonds is 5. The van der Waals surface area contributed by atoms with Crippen molar-refractivity contribution in [1.29, 1.82) is 0 Å². The Bertz CT molecular complexity index is 552. The van der Waals surface area contributed by atoms with E-state index in [9.17, 15) is 8.42 Å². The smallest absolute Gasteiger partial charge is 0.240 e. The highest BCUT2D eigenvalue weighted by Gasteiger charge is 2.24. The van der Waals surface area contributed by atoms with Gasteiger partial charge in [0, 0.05) is 11.7 Å². The van der Waals surface area contributed by atoms with Gasteiger partial charge < -0.3 is 5.32 Å². The summed E-state index contributed by atoms with van der Waals surface area (Å²) in [5.74, 6) is 1.53. The number of anilines is 1. The van der Waals surface area contributed by atoms with E-state index in [2.05, 4.69) is 23.9 Å². The highest BCUT2D eigenvalue weighted by molar-refractivity contribution is 7.89. The van der Waals surface area contributed by atoms with Gasteiger partial charge in [-0.15, -0.1) is 0 Å². The van der Waals surface area contributed by atoms with Gasteiger partial charge in [-0.05, 0) is 56.0 Å². The fourth-order valence-electron chi connectivity index (χ4n) is 3.05. The van der Waals surface area contributed by atoms with Crippen molar-refractivity contribution < 1.29 is 8.42 Å². The van der Waals surface area contributed by atoms with Crippen molar-refractivity contribution >= 4 is 15.7 Å². The highest BCUT2D eigenvalue weighted by Crippen LogP contribution is 2.31. The molecule has 1 aliphatic rings. The van der Waals surface area contributed by atoms with Gasteiger partial charge in [-0.3, -0.25) is 0 Å². The maximum atomic E-state index is 11.7. The summed E-state index contributed by atoms with van der Waals surface area (Å²) in [6.45, 7) is 4.59. The largest absolute Gasteiger partial charge is 0.382 e. The molecule has 0 aliphatic heterocycles. The third kappa shape index (κ3) is 4.20. The van der Waals surface area contributed by atoms with Crippen LogP contribution in [0.25, 0.3) is 0 Å². The van der Waals surface area contributed by atoms with E-state index in [1.165, 1.54) is 32.7 Å². The van der Waals surface area contributed by atoms with Gasteiger partial charge in [0.15, 0.2) is 0 Å². The predicted molar refractivity (Wildman–Crippen MR) is 86.9 cm³/mol. The molecule has 2 atom stereocenters. The molecule has 2 rings (SSSR count). The zero-order valence-corrected chi connectivity index (χ0v) is 13.9. The van der Waals surface area contributed by atoms with E-state index in [0.29, 0.717) is 10.9 Å². The molecule has 4 nitrogen and oxygen atoms in total. The summed E-state index contributed by atoms with van der Waals surface area (Å²) in [5, 5.41) is 3.55. The van der Waals surface area contributed by atoms with Crippen molar-refractivity contribution in [2.75, 3.05) is 12.4 Å². The molecule has 0 radical (unpaired) electrons. The SMILES string of the molecule is CNS(=O)(=O)c1ccc(NC2CCCC(C(C)C)C2)cc1. The fourth-order valence-corrected chi connectivity index (χ4v) is 3.78. The van der Waals surface area contributed by atoms with Crippen LogP contribution in [0, 0.1) is 11.8 Å². The quantitative estimate of drug-likeness (QED) is 0.878. The Balaban J connectivity index is 2.00. The first-order valence-electron chi connectivity index (χ1n) is 7.72. The predicted octanol–water partition coefficient (Wildman–Crippen LogP) is 3.22. The van der Waals surface area contributed by atoms with Crippen molar-refractivity contribution in [1.82, 2.24) is 4.72 Å². The van der Waals surface area contributed by atoms with E-state index in [0.717, 1.165) is 17.5 Å². The molecule has 5 heteroatoms. The van der Waals surface area contributed by atoms with Gasteiger partial charge in [0.2, 0.25) is 10.0 Å². The number of nitrogens with one attached hydrogen (secondary N) is 2. The molecule has 0 aromatic heterocycles. The Kier molecular flexibility index (Phi) is 5.27. The van der Waals surface area contributed by atoms with Crippen LogP contribution in [0.1, 0.15) is 39.5 Å². The van der Waals surface area contributed by atoms with Crippen LogP contribution in [0.3, 0.4) is 0 Å². The lowest BCUT2D eigenvalue weighted by molar-refractivity contribution is 0.264. The Morgan fingerprint density at radius 3 is 2.38 bits per heavy atom. The highest BCUT2D eigenvalue weighted by atomic mass is 32.2. The second-order valence-corrected chi connectivity index (χ2v) is 8.13. The molecular formula is C16H26N2O2S. The van der Waals surface area contributed by atoms with Gasteiger partial charge in [-0.1, -0.05) is 26.7 Å². The molecule has 0 bridgehead atoms. The average Bonchev–Trinajstić information content (AvgIpc) is 2.48. The number of hydrogen-bond donors (Lipinski definition) is 2. The fraction of sp³-hybridized carbons (Fsp3) is 0.625. The van der Waals surface area contributed by atoms with E-state index in [1.807, 2.05) is 12.1 Å². The lowest BCUT2D eigenvalue weighted by Gasteiger charge is -2.32. The minimum atomic E-state index is -3.35. The molecule has 118 valence electrons. The summed E-state index contributed by atoms with van der Waals surface area (Å²) < 4.78 is 25.7. The minimum absolute atomic E-state index is 0.305. The molecule has 1 aromatic carbocycles. The maximum absolute atomic E-state index is 11.7. The van der Waals surface area contributed by atoms with Gasteiger partial charge in [0.25, 0.3) is 0 Å². The van der Waals surface area contributed by atoms with Crippen LogP contribution in [0.2, 0.25) is 0 Å². The Labute approximate surface area is 128 Å². The molecule has 21 heavy (non-hydrogen) atoms. The lowest BCUT2D eigenvalue weighted by Crippen LogP contribution is -2.29. The number of hydrogen-bond acceptors (Lipinski definition) is 3. The summed E-state index contributed by atoms with van der Waals surface area (Å²) in [6, 6.07) is 7.50. The van der Waals surface area contributed by atoms with Crippen LogP contribution in [-0.4, -0.2) is 21.5 Å². The van der Waals surface area contributed by atoms with Gasteiger partial charge >= 0.3 is 0 Å². The Morgan fingerprint density at radius 2 is 1.81 bits per heavy atom. The van der Waals surface area contributed by atoms with Crippen LogP contribution >= 0.6 is 0 Å². The van der Waals surface area contributed by atoms with Gasteiger partial charge in [-0.2, -0.15) is 0 Å². The van der Waals surface area contributed by atoms with Crippen molar-refractivity contribution in [2.45, 2.75) is 50.5 Å². The molecule has 0 heterocycles. The monoisotopic (exact) mass is 310 g/mol. The summed E-state index contributed by atoms with van der Waals surface area (Å²) in [5.41, 5.74) is 0.999. The number of sulfonamides is 1. The van der Waals surface area contributed by atoms with Crippen LogP contribution in [0.15, 0.2) is 29.2 Å². The summed E-state index contributed by atoms with van der Waals surface area (Å²) in [7, 11) is -1.92. The van der Waals surface area contributed by atoms with Crippen molar-refractivity contribution in [3.63, 3.8) is 0 Å². The number of benzene rings is 1. The van der Waals surface area contributed by atoms with Crippen LogP contribution in [0.4, 0.5) is 5.69 Å². The van der Waals surface area contributed by atoms with Crippen molar-refractivity contribution in [3.05, 3.63) is 24.3 Å². The molecule has 1 saturated carbocycles. The first-order valence-corrected chi connectivity index (χ1v) is 9.21. The second-order valence-electron chi connectivity index (χ2n) is 6.24. The van der Waals surface area contributed by atoms with E-state index >= 15 is 0 Å². The topological polar surface area (TPSA) is 58.2 Å². The third-order valence-corrected chi connectivity index (χ3v) is 5.89. The first-order chi connectivity index (χ1) is 9.92. The Hall–Kier alpha value is -1.07. The third-order valence-electron chi connectivity index (χ3n) is 4.46. The normalized spacial score (nSPS) is 23.2. The molecule has 0 amide bonds. The molecule has 1 fully saturated rings. The van der Waals surface area contributed by atoms with Gasteiger partial charge in [-0.25, -0.2) is 13.1 Å². The zero-order valence-electron chi connectivity index (χ0n) is 13.1. The maximum Gasteiger partial charge on any atom is 0.240 e. The van der Waals surface area contributed by atoms with E-state index in [4.69, 9.17) is 0 Å². The Morgan fingerprint density at radius 1 is 1.14 bits per heavy atom. The van der Waals surface area contributed by atoms with Gasteiger partial charge in [0.1, 0.15) is 0 Å². The summed E-state index contributed by atoms with van der Waals surface area (Å²) in [6.07, 6.45) is 5.00. The van der Waals surface area contributed by atoms with Crippen LogP contribution < -0.4 is 10.0 Å². The molecule has 2 unspecified atom stereocenters. The average molecular weight is 310 g/mol. The standard InChI is InChI=1S/C16H26N2O2S/c1-12(2)13-5-4-6-15(11-13)18-14-7-9-16(10-8-14)21(19,20)17-3/h7-10,12-13,15,17-18H,4-6,11H2,1-3H3. The molecule has 2 N–H and O–H groups in total. The molecule has 1 aromatic rings. The molecule has 0 spiro atoms. The molecular weight excluding hydrogens is 284 g/mol. The van der Waals surface area contributed by atoms with Gasteiger partial charge in [0.05, 0.1) is 4.90 Å². The first kappa shape index (κ1) is 16.3. The second kappa shape index (κ2) is 6.79. The molecule has 1 aliphatic carbocycles. The summed E-state index contributed by atoms with van der Waals surface area (Å²) >= 11 is 0. The summed E-state index contributed by atoms with van der Waals surface area (Å²) in [4.78, 5) is 0.305. The van der Waals surface area contributed by atoms with E-state index < -0.39 is 10.0 Å². The van der Waals surface area contributed by atoms with Crippen LogP contribution in [0.5, 0.6) is 0 Å². The van der Waals surface area contributed by atoms with E-state index in [-0.39, 0.29) is 0 Å².